The zero-order chi connectivity index (χ0) is 23.9. The number of hydrogen-bond acceptors (Lipinski definition) is 6. The molecular formula is C25H25N5O4. The lowest BCUT2D eigenvalue weighted by atomic mass is 10.1. The van der Waals surface area contributed by atoms with E-state index < -0.39 is 11.9 Å². The van der Waals surface area contributed by atoms with Gasteiger partial charge in [-0.15, -0.1) is 5.10 Å². The summed E-state index contributed by atoms with van der Waals surface area (Å²) in [7, 11) is 1.63. The van der Waals surface area contributed by atoms with Gasteiger partial charge in [0, 0.05) is 32.1 Å². The fraction of sp³-hybridized carbons (Fsp3) is 0.280. The number of rotatable bonds is 6. The van der Waals surface area contributed by atoms with Crippen LogP contribution in [0.3, 0.4) is 0 Å². The number of nitrogens with zero attached hydrogens (tertiary/aromatic N) is 3. The summed E-state index contributed by atoms with van der Waals surface area (Å²) in [6.45, 7) is 0.0733. The van der Waals surface area contributed by atoms with E-state index in [1.54, 1.807) is 19.2 Å². The average Bonchev–Trinajstić information content (AvgIpc) is 3.29. The van der Waals surface area contributed by atoms with E-state index in [2.05, 4.69) is 32.3 Å². The van der Waals surface area contributed by atoms with Crippen molar-refractivity contribution in [1.82, 2.24) is 20.5 Å². The molecular weight excluding hydrogens is 434 g/mol. The van der Waals surface area contributed by atoms with Gasteiger partial charge in [0.15, 0.2) is 0 Å². The number of benzene rings is 2. The highest BCUT2D eigenvalue weighted by Crippen LogP contribution is 2.31. The number of H-pyrrole nitrogens is 1. The summed E-state index contributed by atoms with van der Waals surface area (Å²) in [5.41, 5.74) is 2.34. The highest BCUT2D eigenvalue weighted by Gasteiger charge is 2.31. The van der Waals surface area contributed by atoms with Gasteiger partial charge in [0.1, 0.15) is 24.2 Å². The van der Waals surface area contributed by atoms with E-state index in [9.17, 15) is 9.59 Å². The van der Waals surface area contributed by atoms with Crippen LogP contribution in [0.2, 0.25) is 0 Å². The minimum absolute atomic E-state index is 0.0231. The fourth-order valence-corrected chi connectivity index (χ4v) is 3.50. The second kappa shape index (κ2) is 10.6. The summed E-state index contributed by atoms with van der Waals surface area (Å²) >= 11 is 0. The average molecular weight is 460 g/mol. The van der Waals surface area contributed by atoms with Crippen LogP contribution in [-0.4, -0.2) is 58.4 Å². The number of ether oxygens (including phenoxy) is 1. The van der Waals surface area contributed by atoms with Gasteiger partial charge in [-0.3, -0.25) is 14.7 Å². The van der Waals surface area contributed by atoms with Crippen LogP contribution in [0.5, 0.6) is 5.75 Å². The maximum absolute atomic E-state index is 13.1. The molecule has 9 heteroatoms. The number of nitrogens with one attached hydrogen (secondary N) is 2. The molecule has 0 saturated heterocycles. The summed E-state index contributed by atoms with van der Waals surface area (Å²) in [4.78, 5) is 31.5. The number of anilines is 1. The Morgan fingerprint density at radius 2 is 2.12 bits per heavy atom. The highest BCUT2D eigenvalue weighted by atomic mass is 16.5. The molecule has 0 aliphatic carbocycles. The molecule has 0 radical (unpaired) electrons. The quantitative estimate of drug-likeness (QED) is 0.381. The Morgan fingerprint density at radius 3 is 2.91 bits per heavy atom. The molecule has 4 rings (SSSR count). The molecule has 174 valence electrons. The smallest absolute Gasteiger partial charge is 0.291 e. The molecule has 9 nitrogen and oxygen atoms in total. The number of hydrogen-bond donors (Lipinski definition) is 3. The molecule has 1 aliphatic heterocycles. The van der Waals surface area contributed by atoms with Gasteiger partial charge in [-0.25, -0.2) is 4.98 Å². The Bertz CT molecular complexity index is 1230. The van der Waals surface area contributed by atoms with Crippen molar-refractivity contribution in [2.75, 3.05) is 25.2 Å². The number of aromatic amines is 1. The number of likely N-dealkylation sites (N-methyl/N-ethyl adjacent to an activating group) is 1. The van der Waals surface area contributed by atoms with Gasteiger partial charge in [-0.2, -0.15) is 0 Å². The largest absolute Gasteiger partial charge is 0.489 e. The van der Waals surface area contributed by atoms with Gasteiger partial charge in [0.2, 0.25) is 5.82 Å². The molecule has 2 aromatic carbocycles. The van der Waals surface area contributed by atoms with Crippen LogP contribution in [-0.2, 0) is 11.2 Å². The summed E-state index contributed by atoms with van der Waals surface area (Å²) in [6.07, 6.45) is 1.70. The van der Waals surface area contributed by atoms with Crippen LogP contribution in [0.15, 0.2) is 48.5 Å². The first-order valence-corrected chi connectivity index (χ1v) is 11.0. The number of unbranched alkanes of at least 4 members (excludes halogenated alkanes) is 1. The van der Waals surface area contributed by atoms with Crippen molar-refractivity contribution in [1.29, 1.82) is 0 Å². The van der Waals surface area contributed by atoms with Gasteiger partial charge in [0.25, 0.3) is 11.8 Å². The van der Waals surface area contributed by atoms with E-state index in [-0.39, 0.29) is 24.9 Å². The lowest BCUT2D eigenvalue weighted by molar-refractivity contribution is -0.120. The SMILES string of the molecule is CN1C(=O)[C@H](NC(=O)c2n[nH]c(Cc3ccccc3)n2)COc2ccc(C#CCCCO)cc21. The molecule has 0 unspecified atom stereocenters. The van der Waals surface area contributed by atoms with Crippen molar-refractivity contribution in [2.24, 2.45) is 0 Å². The zero-order valence-electron chi connectivity index (χ0n) is 18.7. The lowest BCUT2D eigenvalue weighted by Gasteiger charge is -2.20. The monoisotopic (exact) mass is 459 g/mol. The van der Waals surface area contributed by atoms with E-state index >= 15 is 0 Å². The number of aliphatic hydroxyl groups is 1. The fourth-order valence-electron chi connectivity index (χ4n) is 3.50. The summed E-state index contributed by atoms with van der Waals surface area (Å²) in [5, 5.41) is 18.3. The van der Waals surface area contributed by atoms with Crippen molar-refractivity contribution in [2.45, 2.75) is 25.3 Å². The molecule has 34 heavy (non-hydrogen) atoms. The number of aromatic nitrogens is 3. The molecule has 0 saturated carbocycles. The predicted molar refractivity (Wildman–Crippen MR) is 125 cm³/mol. The molecule has 3 N–H and O–H groups in total. The summed E-state index contributed by atoms with van der Waals surface area (Å²) in [5.74, 6) is 6.17. The Morgan fingerprint density at radius 1 is 1.29 bits per heavy atom. The maximum atomic E-state index is 13.1. The standard InChI is InChI=1S/C25H25N5O4/c1-30-20-14-18(10-6-3-7-13-31)11-12-21(20)34-16-19(25(30)33)26-24(32)23-27-22(28-29-23)15-17-8-4-2-5-9-17/h2,4-5,8-9,11-12,14,19,31H,3,7,13,15-16H2,1H3,(H,26,32)(H,27,28,29)/t19-/m1/s1. The van der Waals surface area contributed by atoms with E-state index in [1.807, 2.05) is 36.4 Å². The number of carbonyl (C=O) groups excluding carboxylic acids is 2. The van der Waals surface area contributed by atoms with Crippen molar-refractivity contribution < 1.29 is 19.4 Å². The normalized spacial score (nSPS) is 14.9. The minimum Gasteiger partial charge on any atom is -0.489 e. The third-order valence-corrected chi connectivity index (χ3v) is 5.30. The highest BCUT2D eigenvalue weighted by molar-refractivity contribution is 6.02. The first-order valence-electron chi connectivity index (χ1n) is 11.0. The van der Waals surface area contributed by atoms with Gasteiger partial charge in [-0.1, -0.05) is 42.2 Å². The Kier molecular flexibility index (Phi) is 7.20. The first kappa shape index (κ1) is 23.0. The Hall–Kier alpha value is -4.16. The molecule has 1 atom stereocenters. The van der Waals surface area contributed by atoms with Gasteiger partial charge < -0.3 is 20.1 Å². The topological polar surface area (TPSA) is 120 Å². The van der Waals surface area contributed by atoms with Crippen LogP contribution < -0.4 is 15.0 Å². The molecule has 0 fully saturated rings. The van der Waals surface area contributed by atoms with Crippen LogP contribution >= 0.6 is 0 Å². The molecule has 1 aromatic heterocycles. The minimum atomic E-state index is -0.903. The van der Waals surface area contributed by atoms with Crippen molar-refractivity contribution in [3.05, 3.63) is 71.3 Å². The van der Waals surface area contributed by atoms with Crippen molar-refractivity contribution >= 4 is 17.5 Å². The first-order chi connectivity index (χ1) is 16.5. The second-order valence-corrected chi connectivity index (χ2v) is 7.81. The van der Waals surface area contributed by atoms with Crippen LogP contribution in [0.1, 0.15) is 40.4 Å². The number of carbonyl (C=O) groups is 2. The number of fused-ring (bicyclic) bond motifs is 1. The molecule has 2 amide bonds. The van der Waals surface area contributed by atoms with Crippen molar-refractivity contribution in [3.63, 3.8) is 0 Å². The second-order valence-electron chi connectivity index (χ2n) is 7.81. The van der Waals surface area contributed by atoms with Crippen molar-refractivity contribution in [3.8, 4) is 17.6 Å². The third kappa shape index (κ3) is 5.42. The van der Waals surface area contributed by atoms with E-state index in [1.165, 1.54) is 4.90 Å². The lowest BCUT2D eigenvalue weighted by Crippen LogP contribution is -2.49. The number of amides is 2. The molecule has 0 bridgehead atoms. The molecule has 2 heterocycles. The third-order valence-electron chi connectivity index (χ3n) is 5.30. The summed E-state index contributed by atoms with van der Waals surface area (Å²) in [6, 6.07) is 14.1. The van der Waals surface area contributed by atoms with Crippen LogP contribution in [0, 0.1) is 11.8 Å². The molecule has 1 aliphatic rings. The molecule has 0 spiro atoms. The van der Waals surface area contributed by atoms with Crippen LogP contribution in [0.4, 0.5) is 5.69 Å². The predicted octanol–water partition coefficient (Wildman–Crippen LogP) is 1.67. The van der Waals surface area contributed by atoms with Gasteiger partial charge >= 0.3 is 0 Å². The van der Waals surface area contributed by atoms with Gasteiger partial charge in [-0.05, 0) is 30.2 Å². The van der Waals surface area contributed by atoms with E-state index in [0.717, 1.165) is 11.1 Å². The Balaban J connectivity index is 1.43. The summed E-state index contributed by atoms with van der Waals surface area (Å²) < 4.78 is 5.81. The number of aliphatic hydroxyl groups excluding tert-OH is 1. The van der Waals surface area contributed by atoms with Gasteiger partial charge in [0.05, 0.1) is 5.69 Å². The zero-order valence-corrected chi connectivity index (χ0v) is 18.7. The van der Waals surface area contributed by atoms with E-state index in [0.29, 0.717) is 36.5 Å². The van der Waals surface area contributed by atoms with Crippen LogP contribution in [0.25, 0.3) is 0 Å². The Labute approximate surface area is 197 Å². The maximum Gasteiger partial charge on any atom is 0.291 e. The molecule has 3 aromatic rings. The van der Waals surface area contributed by atoms with E-state index in [4.69, 9.17) is 9.84 Å².